The van der Waals surface area contributed by atoms with E-state index in [1.807, 2.05) is 0 Å². The fraction of sp³-hybridized carbons (Fsp3) is 0.830. The van der Waals surface area contributed by atoms with Crippen molar-refractivity contribution in [2.24, 2.45) is 0 Å². The lowest BCUT2D eigenvalue weighted by Gasteiger charge is -2.18. The molecule has 0 spiro atoms. The van der Waals surface area contributed by atoms with E-state index in [1.165, 1.54) is 141 Å². The van der Waals surface area contributed by atoms with Crippen LogP contribution < -0.4 is 0 Å². The first-order valence-electron chi connectivity index (χ1n) is 23.3. The van der Waals surface area contributed by atoms with Crippen LogP contribution in [0.15, 0.2) is 36.5 Å². The minimum absolute atomic E-state index is 0.207. The van der Waals surface area contributed by atoms with E-state index in [0.717, 1.165) is 51.4 Å². The molecule has 0 bridgehead atoms. The molecule has 0 radical (unpaired) electrons. The number of phosphoric ester groups is 1. The molecule has 1 atom stereocenters. The van der Waals surface area contributed by atoms with Gasteiger partial charge in [0.1, 0.15) is 6.61 Å². The van der Waals surface area contributed by atoms with Gasteiger partial charge in [0.2, 0.25) is 0 Å². The van der Waals surface area contributed by atoms with Crippen LogP contribution in [0.5, 0.6) is 0 Å². The standard InChI is InChI=1S/C47H87O8P/c1-3-5-7-9-11-13-15-17-19-20-21-22-23-24-25-26-28-30-32-34-36-38-40-42-47(49)55-45(44-54-56(50,51)52)43-53-46(48)41-39-37-35-33-31-29-27-18-16-14-12-10-8-6-4-2/h12,14,18,27,31,33,45H,3-11,13,15-17,19-26,28-30,32,34-44H2,1-2H3,(H2,50,51,52)/b14-12+,27-18+,33-31+/t45-/m1/s1. The van der Waals surface area contributed by atoms with E-state index < -0.39 is 32.5 Å². The molecule has 0 aromatic carbocycles. The van der Waals surface area contributed by atoms with Crippen LogP contribution in [-0.4, -0.2) is 41.0 Å². The quantitative estimate of drug-likeness (QED) is 0.0270. The second kappa shape index (κ2) is 42.9. The Hall–Kier alpha value is -1.73. The molecule has 8 nitrogen and oxygen atoms in total. The van der Waals surface area contributed by atoms with Crippen LogP contribution in [0.3, 0.4) is 0 Å². The summed E-state index contributed by atoms with van der Waals surface area (Å²) in [7, 11) is -4.76. The van der Waals surface area contributed by atoms with Gasteiger partial charge in [-0.2, -0.15) is 0 Å². The predicted octanol–water partition coefficient (Wildman–Crippen LogP) is 14.5. The highest BCUT2D eigenvalue weighted by Gasteiger charge is 2.22. The van der Waals surface area contributed by atoms with Gasteiger partial charge in [-0.25, -0.2) is 4.57 Å². The predicted molar refractivity (Wildman–Crippen MR) is 235 cm³/mol. The summed E-state index contributed by atoms with van der Waals surface area (Å²) in [6.07, 6.45) is 51.7. The topological polar surface area (TPSA) is 119 Å². The third-order valence-electron chi connectivity index (χ3n) is 10.2. The van der Waals surface area contributed by atoms with Crippen molar-refractivity contribution in [2.45, 2.75) is 238 Å². The minimum atomic E-state index is -4.76. The van der Waals surface area contributed by atoms with Gasteiger partial charge >= 0.3 is 19.8 Å². The monoisotopic (exact) mass is 811 g/mol. The third kappa shape index (κ3) is 45.0. The second-order valence-corrected chi connectivity index (χ2v) is 17.0. The second-order valence-electron chi connectivity index (χ2n) is 15.7. The number of hydrogen-bond acceptors (Lipinski definition) is 6. The zero-order chi connectivity index (χ0) is 41.1. The highest BCUT2D eigenvalue weighted by atomic mass is 31.2. The van der Waals surface area contributed by atoms with E-state index >= 15 is 0 Å². The van der Waals surface area contributed by atoms with Gasteiger partial charge < -0.3 is 19.3 Å². The van der Waals surface area contributed by atoms with E-state index in [9.17, 15) is 14.2 Å². The molecular formula is C47H87O8P. The molecule has 0 aromatic rings. The molecule has 0 aromatic heterocycles. The molecule has 328 valence electrons. The summed E-state index contributed by atoms with van der Waals surface area (Å²) in [5.41, 5.74) is 0. The van der Waals surface area contributed by atoms with Crippen LogP contribution in [-0.2, 0) is 28.2 Å². The number of phosphoric acid groups is 1. The molecule has 0 fully saturated rings. The van der Waals surface area contributed by atoms with Gasteiger partial charge in [-0.3, -0.25) is 14.1 Å². The number of esters is 2. The minimum Gasteiger partial charge on any atom is -0.462 e. The Morgan fingerprint density at radius 2 is 0.804 bits per heavy atom. The molecule has 0 saturated heterocycles. The van der Waals surface area contributed by atoms with E-state index in [4.69, 9.17) is 19.3 Å². The zero-order valence-electron chi connectivity index (χ0n) is 36.3. The lowest BCUT2D eigenvalue weighted by molar-refractivity contribution is -0.161. The molecule has 0 aliphatic heterocycles. The molecule has 0 saturated carbocycles. The molecule has 0 amide bonds. The van der Waals surface area contributed by atoms with Crippen molar-refractivity contribution in [2.75, 3.05) is 13.2 Å². The van der Waals surface area contributed by atoms with Crippen molar-refractivity contribution in [1.82, 2.24) is 0 Å². The zero-order valence-corrected chi connectivity index (χ0v) is 37.2. The normalized spacial score (nSPS) is 12.7. The Balaban J connectivity index is 3.85. The van der Waals surface area contributed by atoms with Crippen molar-refractivity contribution in [3.8, 4) is 0 Å². The van der Waals surface area contributed by atoms with Crippen molar-refractivity contribution >= 4 is 19.8 Å². The van der Waals surface area contributed by atoms with Gasteiger partial charge in [-0.1, -0.05) is 204 Å². The van der Waals surface area contributed by atoms with E-state index in [2.05, 4.69) is 54.8 Å². The number of carbonyl (C=O) groups is 2. The van der Waals surface area contributed by atoms with E-state index in [-0.39, 0.29) is 19.4 Å². The Kier molecular flexibility index (Phi) is 41.5. The number of unbranched alkanes of at least 4 members (excludes halogenated alkanes) is 27. The van der Waals surface area contributed by atoms with Crippen LogP contribution in [0.25, 0.3) is 0 Å². The maximum absolute atomic E-state index is 12.4. The number of rotatable bonds is 43. The molecule has 0 unspecified atom stereocenters. The van der Waals surface area contributed by atoms with Crippen LogP contribution in [0.2, 0.25) is 0 Å². The first-order chi connectivity index (χ1) is 27.3. The lowest BCUT2D eigenvalue weighted by Crippen LogP contribution is -2.29. The van der Waals surface area contributed by atoms with Gasteiger partial charge in [0.15, 0.2) is 6.10 Å². The Morgan fingerprint density at radius 1 is 0.464 bits per heavy atom. The number of ether oxygens (including phenoxy) is 2. The Bertz CT molecular complexity index is 1000. The van der Waals surface area contributed by atoms with Crippen molar-refractivity contribution < 1.29 is 37.9 Å². The Morgan fingerprint density at radius 3 is 1.23 bits per heavy atom. The molecular weight excluding hydrogens is 723 g/mol. The molecule has 9 heteroatoms. The number of allylic oxidation sites excluding steroid dienone is 6. The molecule has 0 aliphatic carbocycles. The highest BCUT2D eigenvalue weighted by molar-refractivity contribution is 7.46. The summed E-state index contributed by atoms with van der Waals surface area (Å²) < 4.78 is 26.4. The Labute approximate surface area is 344 Å². The summed E-state index contributed by atoms with van der Waals surface area (Å²) in [6, 6.07) is 0. The van der Waals surface area contributed by atoms with E-state index in [0.29, 0.717) is 12.8 Å². The van der Waals surface area contributed by atoms with E-state index in [1.54, 1.807) is 0 Å². The molecule has 0 rings (SSSR count). The first kappa shape index (κ1) is 54.3. The fourth-order valence-electron chi connectivity index (χ4n) is 6.68. The molecule has 2 N–H and O–H groups in total. The maximum atomic E-state index is 12.4. The van der Waals surface area contributed by atoms with Crippen molar-refractivity contribution in [1.29, 1.82) is 0 Å². The first-order valence-corrected chi connectivity index (χ1v) is 24.8. The van der Waals surface area contributed by atoms with Gasteiger partial charge in [-0.05, 0) is 51.4 Å². The van der Waals surface area contributed by atoms with Crippen LogP contribution in [0.4, 0.5) is 0 Å². The smallest absolute Gasteiger partial charge is 0.462 e. The van der Waals surface area contributed by atoms with Crippen molar-refractivity contribution in [3.63, 3.8) is 0 Å². The fourth-order valence-corrected chi connectivity index (χ4v) is 7.04. The SMILES string of the molecule is CCCCC/C=C/C/C=C/C/C=C/CCCCC(=O)OC[C@H](COP(=O)(O)O)OC(=O)CCCCCCCCCCCCCCCCCCCCCCCCC. The van der Waals surface area contributed by atoms with Crippen LogP contribution >= 0.6 is 7.82 Å². The average Bonchev–Trinajstić information content (AvgIpc) is 3.17. The van der Waals surface area contributed by atoms with Gasteiger partial charge in [0.25, 0.3) is 0 Å². The lowest BCUT2D eigenvalue weighted by atomic mass is 10.0. The van der Waals surface area contributed by atoms with Crippen LogP contribution in [0, 0.1) is 0 Å². The summed E-state index contributed by atoms with van der Waals surface area (Å²) in [5.74, 6) is -0.920. The molecule has 0 heterocycles. The van der Waals surface area contributed by atoms with Gasteiger partial charge in [0, 0.05) is 12.8 Å². The largest absolute Gasteiger partial charge is 0.469 e. The summed E-state index contributed by atoms with van der Waals surface area (Å²) in [6.45, 7) is 3.65. The number of carbonyl (C=O) groups excluding carboxylic acids is 2. The van der Waals surface area contributed by atoms with Gasteiger partial charge in [0.05, 0.1) is 6.61 Å². The maximum Gasteiger partial charge on any atom is 0.469 e. The highest BCUT2D eigenvalue weighted by Crippen LogP contribution is 2.36. The molecule has 56 heavy (non-hydrogen) atoms. The molecule has 0 aliphatic rings. The summed E-state index contributed by atoms with van der Waals surface area (Å²) in [5, 5.41) is 0. The third-order valence-corrected chi connectivity index (χ3v) is 10.6. The number of hydrogen-bond donors (Lipinski definition) is 2. The average molecular weight is 811 g/mol. The van der Waals surface area contributed by atoms with Crippen LogP contribution in [0.1, 0.15) is 232 Å². The summed E-state index contributed by atoms with van der Waals surface area (Å²) in [4.78, 5) is 42.9. The van der Waals surface area contributed by atoms with Crippen molar-refractivity contribution in [3.05, 3.63) is 36.5 Å². The summed E-state index contributed by atoms with van der Waals surface area (Å²) >= 11 is 0. The van der Waals surface area contributed by atoms with Gasteiger partial charge in [-0.15, -0.1) is 0 Å².